The predicted molar refractivity (Wildman–Crippen MR) is 96.3 cm³/mol. The maximum Gasteiger partial charge on any atom is 0.243 e. The molecule has 2 fully saturated rings. The van der Waals surface area contributed by atoms with Gasteiger partial charge in [-0.2, -0.15) is 4.31 Å². The van der Waals surface area contributed by atoms with Crippen molar-refractivity contribution >= 4 is 10.0 Å². The minimum atomic E-state index is -3.68. The smallest absolute Gasteiger partial charge is 0.243 e. The quantitative estimate of drug-likeness (QED) is 0.776. The van der Waals surface area contributed by atoms with Gasteiger partial charge in [-0.1, -0.05) is 0 Å². The molecule has 0 atom stereocenters. The molecule has 146 valence electrons. The number of benzene rings is 1. The zero-order valence-corrected chi connectivity index (χ0v) is 16.2. The number of methoxy groups -OCH3 is 2. The molecule has 0 spiro atoms. The SMILES string of the molecule is COc1ccc(S(=O)(=O)N2CCC(N3CCC(OC)CC3)CC2)cc1F. The predicted octanol–water partition coefficient (Wildman–Crippen LogP) is 2.10. The normalized spacial score (nSPS) is 21.8. The van der Waals surface area contributed by atoms with Crippen LogP contribution in [0.15, 0.2) is 23.1 Å². The molecule has 0 amide bonds. The molecule has 2 heterocycles. The van der Waals surface area contributed by atoms with Crippen molar-refractivity contribution in [3.8, 4) is 5.75 Å². The first kappa shape index (κ1) is 19.5. The fraction of sp³-hybridized carbons (Fsp3) is 0.667. The first-order valence-electron chi connectivity index (χ1n) is 9.06. The van der Waals surface area contributed by atoms with E-state index in [1.807, 2.05) is 0 Å². The van der Waals surface area contributed by atoms with Crippen LogP contribution in [0.5, 0.6) is 5.75 Å². The second-order valence-corrected chi connectivity index (χ2v) is 8.84. The Balaban J connectivity index is 1.61. The number of sulfonamides is 1. The van der Waals surface area contributed by atoms with Gasteiger partial charge in [-0.05, 0) is 43.9 Å². The lowest BCUT2D eigenvalue weighted by molar-refractivity contribution is 0.0190. The summed E-state index contributed by atoms with van der Waals surface area (Å²) in [5, 5.41) is 0. The van der Waals surface area contributed by atoms with E-state index < -0.39 is 15.8 Å². The van der Waals surface area contributed by atoms with Gasteiger partial charge in [0.1, 0.15) is 0 Å². The third-order valence-corrected chi connectivity index (χ3v) is 7.41. The lowest BCUT2D eigenvalue weighted by Crippen LogP contribution is -2.49. The molecule has 0 bridgehead atoms. The number of piperidine rings is 2. The van der Waals surface area contributed by atoms with Gasteiger partial charge >= 0.3 is 0 Å². The number of nitrogens with zero attached hydrogens (tertiary/aromatic N) is 2. The summed E-state index contributed by atoms with van der Waals surface area (Å²) in [5.74, 6) is -0.619. The Morgan fingerprint density at radius 3 is 2.23 bits per heavy atom. The summed E-state index contributed by atoms with van der Waals surface area (Å²) in [6.45, 7) is 2.93. The Bertz CT molecular complexity index is 712. The molecule has 0 saturated carbocycles. The summed E-state index contributed by atoms with van der Waals surface area (Å²) in [4.78, 5) is 2.43. The minimum absolute atomic E-state index is 0.0184. The minimum Gasteiger partial charge on any atom is -0.494 e. The van der Waals surface area contributed by atoms with E-state index >= 15 is 0 Å². The summed E-state index contributed by atoms with van der Waals surface area (Å²) in [6.07, 6.45) is 4.00. The molecule has 8 heteroatoms. The molecule has 0 aromatic heterocycles. The molecule has 0 N–H and O–H groups in total. The fourth-order valence-corrected chi connectivity index (χ4v) is 5.36. The Morgan fingerprint density at radius 2 is 1.69 bits per heavy atom. The largest absolute Gasteiger partial charge is 0.494 e. The maximum atomic E-state index is 13.9. The van der Waals surface area contributed by atoms with Gasteiger partial charge in [0.05, 0.1) is 18.1 Å². The van der Waals surface area contributed by atoms with Crippen molar-refractivity contribution in [2.45, 2.75) is 42.7 Å². The van der Waals surface area contributed by atoms with Crippen molar-refractivity contribution < 1.29 is 22.3 Å². The molecule has 1 aromatic carbocycles. The van der Waals surface area contributed by atoms with Crippen molar-refractivity contribution in [1.29, 1.82) is 0 Å². The average molecular weight is 386 g/mol. The molecule has 0 aliphatic carbocycles. The lowest BCUT2D eigenvalue weighted by atomic mass is 10.00. The van der Waals surface area contributed by atoms with Crippen LogP contribution in [0.1, 0.15) is 25.7 Å². The lowest BCUT2D eigenvalue weighted by Gasteiger charge is -2.41. The first-order chi connectivity index (χ1) is 12.5. The highest BCUT2D eigenvalue weighted by Gasteiger charge is 2.33. The molecule has 0 unspecified atom stereocenters. The second kappa shape index (κ2) is 8.21. The highest BCUT2D eigenvalue weighted by molar-refractivity contribution is 7.89. The number of hydrogen-bond donors (Lipinski definition) is 0. The fourth-order valence-electron chi connectivity index (χ4n) is 3.88. The Morgan fingerprint density at radius 1 is 1.04 bits per heavy atom. The van der Waals surface area contributed by atoms with Gasteiger partial charge in [-0.25, -0.2) is 12.8 Å². The van der Waals surface area contributed by atoms with Crippen molar-refractivity contribution in [3.05, 3.63) is 24.0 Å². The van der Waals surface area contributed by atoms with Gasteiger partial charge in [-0.15, -0.1) is 0 Å². The van der Waals surface area contributed by atoms with E-state index in [1.165, 1.54) is 23.5 Å². The van der Waals surface area contributed by atoms with E-state index in [0.29, 0.717) is 25.2 Å². The van der Waals surface area contributed by atoms with E-state index in [-0.39, 0.29) is 10.6 Å². The zero-order chi connectivity index (χ0) is 18.7. The molecule has 0 radical (unpaired) electrons. The van der Waals surface area contributed by atoms with Gasteiger partial charge < -0.3 is 14.4 Å². The first-order valence-corrected chi connectivity index (χ1v) is 10.5. The average Bonchev–Trinajstić information content (AvgIpc) is 2.68. The van der Waals surface area contributed by atoms with E-state index in [1.54, 1.807) is 7.11 Å². The Labute approximate surface area is 154 Å². The molecule has 2 aliphatic heterocycles. The van der Waals surface area contributed by atoms with Crippen molar-refractivity contribution in [1.82, 2.24) is 9.21 Å². The Kier molecular flexibility index (Phi) is 6.17. The maximum absolute atomic E-state index is 13.9. The summed E-state index contributed by atoms with van der Waals surface area (Å²) in [5.41, 5.74) is 0. The van der Waals surface area contributed by atoms with Crippen LogP contribution in [0, 0.1) is 5.82 Å². The van der Waals surface area contributed by atoms with Gasteiger partial charge in [0.2, 0.25) is 10.0 Å². The summed E-state index contributed by atoms with van der Waals surface area (Å²) >= 11 is 0. The number of halogens is 1. The van der Waals surface area contributed by atoms with Crippen LogP contribution >= 0.6 is 0 Å². The van der Waals surface area contributed by atoms with Crippen LogP contribution < -0.4 is 4.74 Å². The van der Waals surface area contributed by atoms with Crippen molar-refractivity contribution in [2.24, 2.45) is 0 Å². The summed E-state index contributed by atoms with van der Waals surface area (Å²) < 4.78 is 51.2. The van der Waals surface area contributed by atoms with Crippen LogP contribution in [-0.2, 0) is 14.8 Å². The van der Waals surface area contributed by atoms with Gasteiger partial charge in [0.15, 0.2) is 11.6 Å². The summed E-state index contributed by atoms with van der Waals surface area (Å²) in [6, 6.07) is 4.20. The second-order valence-electron chi connectivity index (χ2n) is 6.90. The summed E-state index contributed by atoms with van der Waals surface area (Å²) in [7, 11) is -0.568. The van der Waals surface area contributed by atoms with Gasteiger partial charge in [0.25, 0.3) is 0 Å². The number of hydrogen-bond acceptors (Lipinski definition) is 5. The van der Waals surface area contributed by atoms with Crippen LogP contribution in [0.2, 0.25) is 0 Å². The monoisotopic (exact) mass is 386 g/mol. The molecule has 6 nitrogen and oxygen atoms in total. The molecular formula is C18H27FN2O4S. The van der Waals surface area contributed by atoms with Crippen LogP contribution in [0.4, 0.5) is 4.39 Å². The number of ether oxygens (including phenoxy) is 2. The van der Waals surface area contributed by atoms with Crippen LogP contribution in [0.25, 0.3) is 0 Å². The third kappa shape index (κ3) is 4.03. The highest BCUT2D eigenvalue weighted by atomic mass is 32.2. The van der Waals surface area contributed by atoms with Crippen LogP contribution in [0.3, 0.4) is 0 Å². The van der Waals surface area contributed by atoms with Gasteiger partial charge in [-0.3, -0.25) is 0 Å². The van der Waals surface area contributed by atoms with E-state index in [9.17, 15) is 12.8 Å². The third-order valence-electron chi connectivity index (χ3n) is 5.51. The molecular weight excluding hydrogens is 359 g/mol. The van der Waals surface area contributed by atoms with E-state index in [4.69, 9.17) is 9.47 Å². The van der Waals surface area contributed by atoms with Crippen LogP contribution in [-0.4, -0.2) is 70.2 Å². The zero-order valence-electron chi connectivity index (χ0n) is 15.4. The van der Waals surface area contributed by atoms with Gasteiger partial charge in [0, 0.05) is 39.3 Å². The van der Waals surface area contributed by atoms with Crippen molar-refractivity contribution in [2.75, 3.05) is 40.4 Å². The topological polar surface area (TPSA) is 59.1 Å². The molecule has 3 rings (SSSR count). The number of likely N-dealkylation sites (tertiary alicyclic amines) is 1. The Hall–Kier alpha value is -1.22. The highest BCUT2D eigenvalue weighted by Crippen LogP contribution is 2.27. The van der Waals surface area contributed by atoms with E-state index in [2.05, 4.69) is 4.90 Å². The van der Waals surface area contributed by atoms with E-state index in [0.717, 1.165) is 44.8 Å². The molecule has 2 saturated heterocycles. The molecule has 2 aliphatic rings. The standard InChI is InChI=1S/C18H27FN2O4S/c1-24-15-7-9-20(10-8-15)14-5-11-21(12-6-14)26(22,23)16-3-4-18(25-2)17(19)13-16/h3-4,13-15H,5-12H2,1-2H3. The van der Waals surface area contributed by atoms with Crippen molar-refractivity contribution in [3.63, 3.8) is 0 Å². The number of rotatable bonds is 5. The molecule has 26 heavy (non-hydrogen) atoms. The molecule has 1 aromatic rings.